The molecule has 2 saturated carbocycles. The molecule has 148 valence electrons. The van der Waals surface area contributed by atoms with E-state index in [0.717, 1.165) is 27.6 Å². The van der Waals surface area contributed by atoms with Crippen LogP contribution in [0.5, 0.6) is 0 Å². The fraction of sp³-hybridized carbons (Fsp3) is 1.00. The zero-order chi connectivity index (χ0) is 18.7. The lowest BCUT2D eigenvalue weighted by Gasteiger charge is -2.47. The van der Waals surface area contributed by atoms with E-state index in [0.29, 0.717) is 5.41 Å². The smallest absolute Gasteiger partial charge is 0.0172 e. The monoisotopic (exact) mass is 461 g/mol. The van der Waals surface area contributed by atoms with Crippen molar-refractivity contribution >= 4 is 22.6 Å². The average molecular weight is 462 g/mol. The van der Waals surface area contributed by atoms with Crippen LogP contribution in [0.15, 0.2) is 0 Å². The molecule has 2 N–H and O–H groups in total. The van der Waals surface area contributed by atoms with Crippen LogP contribution in [0.3, 0.4) is 0 Å². The fourth-order valence-corrected chi connectivity index (χ4v) is 8.25. The van der Waals surface area contributed by atoms with Crippen LogP contribution >= 0.6 is 22.6 Å². The molecule has 2 rings (SSSR count). The molecule has 2 bridgehead atoms. The summed E-state index contributed by atoms with van der Waals surface area (Å²) in [4.78, 5) is 0. The molecule has 0 aromatic carbocycles. The molecule has 0 radical (unpaired) electrons. The van der Waals surface area contributed by atoms with Crippen molar-refractivity contribution in [3.63, 3.8) is 0 Å². The van der Waals surface area contributed by atoms with Crippen LogP contribution in [0.25, 0.3) is 0 Å². The fourth-order valence-electron chi connectivity index (χ4n) is 6.47. The summed E-state index contributed by atoms with van der Waals surface area (Å²) in [6.45, 7) is 11.8. The van der Waals surface area contributed by atoms with Crippen LogP contribution in [-0.4, -0.2) is 9.46 Å². The van der Waals surface area contributed by atoms with E-state index in [-0.39, 0.29) is 5.54 Å². The van der Waals surface area contributed by atoms with Crippen LogP contribution in [0.2, 0.25) is 0 Å². The highest BCUT2D eigenvalue weighted by Crippen LogP contribution is 2.56. The summed E-state index contributed by atoms with van der Waals surface area (Å²) in [5.41, 5.74) is 7.15. The topological polar surface area (TPSA) is 26.0 Å². The average Bonchev–Trinajstić information content (AvgIpc) is 2.67. The van der Waals surface area contributed by atoms with Gasteiger partial charge in [-0.15, -0.1) is 0 Å². The Balaban J connectivity index is 2.46. The number of hydrogen-bond acceptors (Lipinski definition) is 1. The van der Waals surface area contributed by atoms with E-state index in [4.69, 9.17) is 5.73 Å². The highest BCUT2D eigenvalue weighted by molar-refractivity contribution is 14.1. The molecule has 6 unspecified atom stereocenters. The van der Waals surface area contributed by atoms with E-state index in [2.05, 4.69) is 57.2 Å². The molecule has 0 amide bonds. The Bertz CT molecular complexity index is 401. The molecule has 2 aliphatic rings. The Kier molecular flexibility index (Phi) is 8.14. The van der Waals surface area contributed by atoms with E-state index in [9.17, 15) is 0 Å². The third-order valence-corrected chi connectivity index (χ3v) is 9.82. The van der Waals surface area contributed by atoms with Gasteiger partial charge in [-0.25, -0.2) is 0 Å². The number of hydrogen-bond donors (Lipinski definition) is 1. The van der Waals surface area contributed by atoms with E-state index < -0.39 is 0 Å². The molecule has 6 atom stereocenters. The van der Waals surface area contributed by atoms with Gasteiger partial charge >= 0.3 is 0 Å². The van der Waals surface area contributed by atoms with Crippen molar-refractivity contribution in [2.24, 2.45) is 34.8 Å². The van der Waals surface area contributed by atoms with Gasteiger partial charge in [-0.05, 0) is 68.6 Å². The second-order valence-electron chi connectivity index (χ2n) is 9.93. The first-order valence-electron chi connectivity index (χ1n) is 11.2. The van der Waals surface area contributed by atoms with Gasteiger partial charge in [0.1, 0.15) is 0 Å². The molecular formula is C23H44IN. The first-order valence-corrected chi connectivity index (χ1v) is 12.5. The zero-order valence-electron chi connectivity index (χ0n) is 17.6. The second kappa shape index (κ2) is 9.26. The number of fused-ring (bicyclic) bond motifs is 2. The Morgan fingerprint density at radius 3 is 2.12 bits per heavy atom. The first kappa shape index (κ1) is 22.0. The molecule has 25 heavy (non-hydrogen) atoms. The van der Waals surface area contributed by atoms with Gasteiger partial charge in [-0.2, -0.15) is 0 Å². The van der Waals surface area contributed by atoms with Gasteiger partial charge in [-0.1, -0.05) is 88.3 Å². The number of halogens is 1. The number of rotatable bonds is 6. The summed E-state index contributed by atoms with van der Waals surface area (Å²) >= 11 is 2.89. The van der Waals surface area contributed by atoms with Crippen molar-refractivity contribution in [3.8, 4) is 0 Å². The van der Waals surface area contributed by atoms with E-state index in [1.165, 1.54) is 70.6 Å². The summed E-state index contributed by atoms with van der Waals surface area (Å²) < 4.78 is 0.863. The van der Waals surface area contributed by atoms with Crippen molar-refractivity contribution in [1.29, 1.82) is 0 Å². The van der Waals surface area contributed by atoms with Crippen molar-refractivity contribution < 1.29 is 0 Å². The summed E-state index contributed by atoms with van der Waals surface area (Å²) in [6.07, 6.45) is 15.4. The van der Waals surface area contributed by atoms with Crippen LogP contribution in [0.4, 0.5) is 0 Å². The normalized spacial score (nSPS) is 40.2. The molecule has 0 spiro atoms. The van der Waals surface area contributed by atoms with Crippen LogP contribution in [0, 0.1) is 29.1 Å². The number of nitrogens with two attached hydrogens (primary N) is 1. The highest BCUT2D eigenvalue weighted by Gasteiger charge is 2.51. The molecule has 1 nitrogen and oxygen atoms in total. The van der Waals surface area contributed by atoms with Gasteiger partial charge < -0.3 is 5.73 Å². The molecule has 0 aromatic rings. The third-order valence-electron chi connectivity index (χ3n) is 7.97. The van der Waals surface area contributed by atoms with Gasteiger partial charge in [-0.3, -0.25) is 0 Å². The van der Waals surface area contributed by atoms with Crippen molar-refractivity contribution in [2.75, 3.05) is 0 Å². The standard InChI is InChI=1S/C23H44IN/c1-6-11-17-13-9-10-14-19-16-23(8-3,22(4,5)25)15-18(12-7-2)20(17)21(19)24/h17-21H,6-16,25H2,1-5H3. The summed E-state index contributed by atoms with van der Waals surface area (Å²) in [5, 5.41) is 0. The van der Waals surface area contributed by atoms with Gasteiger partial charge in [0.25, 0.3) is 0 Å². The Morgan fingerprint density at radius 1 is 0.960 bits per heavy atom. The highest BCUT2D eigenvalue weighted by atomic mass is 127. The van der Waals surface area contributed by atoms with Gasteiger partial charge in [0.15, 0.2) is 0 Å². The summed E-state index contributed by atoms with van der Waals surface area (Å²) in [5.74, 6) is 3.66. The van der Waals surface area contributed by atoms with Crippen LogP contribution in [0.1, 0.15) is 105 Å². The minimum absolute atomic E-state index is 0.0639. The number of alkyl halides is 1. The maximum absolute atomic E-state index is 6.88. The van der Waals surface area contributed by atoms with Crippen molar-refractivity contribution in [3.05, 3.63) is 0 Å². The second-order valence-corrected chi connectivity index (χ2v) is 11.4. The van der Waals surface area contributed by atoms with Gasteiger partial charge in [0.05, 0.1) is 0 Å². The quantitative estimate of drug-likeness (QED) is 0.325. The molecule has 0 aromatic heterocycles. The van der Waals surface area contributed by atoms with Crippen LogP contribution in [-0.2, 0) is 0 Å². The Labute approximate surface area is 171 Å². The van der Waals surface area contributed by atoms with E-state index in [1.807, 2.05) is 0 Å². The molecule has 2 fully saturated rings. The predicted octanol–water partition coefficient (Wildman–Crippen LogP) is 7.36. The minimum atomic E-state index is -0.0639. The lowest BCUT2D eigenvalue weighted by Crippen LogP contribution is -2.52. The molecule has 2 heteroatoms. The molecule has 0 saturated heterocycles. The van der Waals surface area contributed by atoms with Gasteiger partial charge in [0.2, 0.25) is 0 Å². The first-order chi connectivity index (χ1) is 11.8. The van der Waals surface area contributed by atoms with Crippen molar-refractivity contribution in [2.45, 2.75) is 115 Å². The summed E-state index contributed by atoms with van der Waals surface area (Å²) in [7, 11) is 0. The summed E-state index contributed by atoms with van der Waals surface area (Å²) in [6, 6.07) is 0. The van der Waals surface area contributed by atoms with Gasteiger partial charge in [0, 0.05) is 9.46 Å². The lowest BCUT2D eigenvalue weighted by atomic mass is 9.61. The molecule has 0 aliphatic heterocycles. The lowest BCUT2D eigenvalue weighted by molar-refractivity contribution is 0.0726. The Hall–Kier alpha value is 0.690. The SMILES string of the molecule is CCCC1CCCCC2CC(CC)(C(C)(C)N)CC(CCC)C1C2I. The third kappa shape index (κ3) is 4.76. The van der Waals surface area contributed by atoms with E-state index in [1.54, 1.807) is 0 Å². The predicted molar refractivity (Wildman–Crippen MR) is 120 cm³/mol. The van der Waals surface area contributed by atoms with Crippen LogP contribution < -0.4 is 5.73 Å². The molecule has 0 heterocycles. The minimum Gasteiger partial charge on any atom is -0.325 e. The largest absolute Gasteiger partial charge is 0.325 e. The maximum atomic E-state index is 6.88. The Morgan fingerprint density at radius 2 is 1.56 bits per heavy atom. The van der Waals surface area contributed by atoms with Crippen molar-refractivity contribution in [1.82, 2.24) is 0 Å². The molecular weight excluding hydrogens is 417 g/mol. The zero-order valence-corrected chi connectivity index (χ0v) is 19.8. The maximum Gasteiger partial charge on any atom is 0.0172 e. The molecule has 2 aliphatic carbocycles. The van der Waals surface area contributed by atoms with E-state index >= 15 is 0 Å².